The zero-order valence-electron chi connectivity index (χ0n) is 20.6. The van der Waals surface area contributed by atoms with E-state index in [1.54, 1.807) is 11.9 Å². The van der Waals surface area contributed by atoms with Crippen LogP contribution in [0.5, 0.6) is 0 Å². The van der Waals surface area contributed by atoms with Crippen molar-refractivity contribution in [2.75, 3.05) is 13.7 Å². The molecule has 3 saturated heterocycles. The molecule has 3 aliphatic heterocycles. The average Bonchev–Trinajstić information content (AvgIpc) is 3.43. The summed E-state index contributed by atoms with van der Waals surface area (Å²) in [5, 5.41) is 16.3. The molecule has 0 radical (unpaired) electrons. The van der Waals surface area contributed by atoms with Crippen molar-refractivity contribution in [1.82, 2.24) is 15.5 Å². The average molecular weight is 464 g/mol. The second kappa shape index (κ2) is 9.17. The van der Waals surface area contributed by atoms with Crippen molar-refractivity contribution in [3.8, 4) is 0 Å². The number of hydrogen-bond donors (Lipinski definition) is 3. The van der Waals surface area contributed by atoms with Crippen LogP contribution in [0.4, 0.5) is 0 Å². The number of carbonyl (C=O) groups excluding carboxylic acids is 3. The number of rotatable bonds is 8. The van der Waals surface area contributed by atoms with Crippen LogP contribution in [0.2, 0.25) is 0 Å². The minimum atomic E-state index is -1.02. The number of aliphatic hydroxyl groups excluding tert-OH is 1. The summed E-state index contributed by atoms with van der Waals surface area (Å²) in [6.45, 7) is 5.79. The molecule has 8 heteroatoms. The van der Waals surface area contributed by atoms with Gasteiger partial charge in [0.1, 0.15) is 11.6 Å². The van der Waals surface area contributed by atoms with Gasteiger partial charge in [-0.25, -0.2) is 0 Å². The smallest absolute Gasteiger partial charge is 0.246 e. The third-order valence-electron chi connectivity index (χ3n) is 9.19. The first kappa shape index (κ1) is 24.5. The number of fused-ring (bicyclic) bond motifs is 1. The number of amides is 3. The van der Waals surface area contributed by atoms with E-state index in [1.807, 2.05) is 20.8 Å². The fourth-order valence-electron chi connectivity index (χ4n) is 7.21. The van der Waals surface area contributed by atoms with Crippen molar-refractivity contribution in [2.45, 2.75) is 108 Å². The minimum absolute atomic E-state index is 0.00921. The van der Waals surface area contributed by atoms with Crippen LogP contribution >= 0.6 is 0 Å². The van der Waals surface area contributed by atoms with Gasteiger partial charge in [-0.15, -0.1) is 0 Å². The molecular weight excluding hydrogens is 422 g/mol. The molecule has 1 saturated carbocycles. The molecule has 8 nitrogen and oxygen atoms in total. The fraction of sp³-hybridized carbons (Fsp3) is 0.880. The van der Waals surface area contributed by atoms with Crippen LogP contribution in [0.15, 0.2) is 0 Å². The Kier molecular flexibility index (Phi) is 6.80. The fourth-order valence-corrected chi connectivity index (χ4v) is 7.21. The molecule has 4 fully saturated rings. The molecule has 4 rings (SSSR count). The van der Waals surface area contributed by atoms with Gasteiger partial charge in [0.2, 0.25) is 17.7 Å². The summed E-state index contributed by atoms with van der Waals surface area (Å²) < 4.78 is 6.72. The first-order valence-corrected chi connectivity index (χ1v) is 12.9. The quantitative estimate of drug-likeness (QED) is 0.508. The highest BCUT2D eigenvalue weighted by Gasteiger charge is 2.79. The molecule has 1 aliphatic carbocycles. The Morgan fingerprint density at radius 2 is 1.88 bits per heavy atom. The Bertz CT molecular complexity index is 784. The van der Waals surface area contributed by atoms with Gasteiger partial charge in [0.25, 0.3) is 0 Å². The Balaban J connectivity index is 1.77. The van der Waals surface area contributed by atoms with E-state index in [4.69, 9.17) is 4.74 Å². The summed E-state index contributed by atoms with van der Waals surface area (Å²) >= 11 is 0. The van der Waals surface area contributed by atoms with Crippen molar-refractivity contribution < 1.29 is 24.2 Å². The number of likely N-dealkylation sites (tertiary alicyclic amines) is 1. The monoisotopic (exact) mass is 463 g/mol. The van der Waals surface area contributed by atoms with Gasteiger partial charge in [-0.3, -0.25) is 14.4 Å². The topological polar surface area (TPSA) is 108 Å². The van der Waals surface area contributed by atoms with E-state index in [0.717, 1.165) is 32.1 Å². The van der Waals surface area contributed by atoms with E-state index in [-0.39, 0.29) is 36.3 Å². The maximum atomic E-state index is 14.1. The summed E-state index contributed by atoms with van der Waals surface area (Å²) in [6, 6.07) is -1.22. The van der Waals surface area contributed by atoms with Gasteiger partial charge in [0.15, 0.2) is 0 Å². The maximum Gasteiger partial charge on any atom is 0.246 e. The minimum Gasteiger partial charge on any atom is -0.394 e. The summed E-state index contributed by atoms with van der Waals surface area (Å²) in [6.07, 6.45) is 7.85. The molecule has 0 aromatic rings. The molecule has 186 valence electrons. The van der Waals surface area contributed by atoms with Crippen LogP contribution in [0.1, 0.15) is 78.6 Å². The lowest BCUT2D eigenvalue weighted by Gasteiger charge is -2.40. The summed E-state index contributed by atoms with van der Waals surface area (Å²) in [7, 11) is 1.59. The molecule has 4 aliphatic rings. The molecule has 1 spiro atoms. The summed E-state index contributed by atoms with van der Waals surface area (Å²) in [5.74, 6) is -1.93. The van der Waals surface area contributed by atoms with Gasteiger partial charge in [0, 0.05) is 13.1 Å². The predicted octanol–water partition coefficient (Wildman–Crippen LogP) is 1.74. The standard InChI is InChI=1S/C25H41N3O5/c1-5-15(3)17(14-29)28-20(22(31)27-16-10-8-7-9-11-16)25-13-12-24(6-2,33-25)18(21(30)26-4)19(25)23(28)32/h15-20,29H,5-14H2,1-4H3,(H,26,30)(H,27,31)/t15-,17-,18-,19-,20?,24+,25?/m0/s1. The highest BCUT2D eigenvalue weighted by molar-refractivity contribution is 5.99. The van der Waals surface area contributed by atoms with Crippen molar-refractivity contribution in [3.63, 3.8) is 0 Å². The molecule has 3 N–H and O–H groups in total. The van der Waals surface area contributed by atoms with Gasteiger partial charge < -0.3 is 25.4 Å². The van der Waals surface area contributed by atoms with Crippen LogP contribution in [-0.4, -0.2) is 70.7 Å². The number of carbonyl (C=O) groups is 3. The molecule has 3 amide bonds. The first-order valence-electron chi connectivity index (χ1n) is 12.9. The predicted molar refractivity (Wildman–Crippen MR) is 123 cm³/mol. The van der Waals surface area contributed by atoms with Crippen LogP contribution in [0.25, 0.3) is 0 Å². The third kappa shape index (κ3) is 3.59. The van der Waals surface area contributed by atoms with Crippen LogP contribution in [0, 0.1) is 17.8 Å². The Hall–Kier alpha value is -1.67. The normalized spacial score (nSPS) is 37.7. The van der Waals surface area contributed by atoms with E-state index in [9.17, 15) is 19.5 Å². The largest absolute Gasteiger partial charge is 0.394 e. The number of ether oxygens (including phenoxy) is 1. The van der Waals surface area contributed by atoms with Crippen LogP contribution in [-0.2, 0) is 19.1 Å². The van der Waals surface area contributed by atoms with E-state index in [2.05, 4.69) is 10.6 Å². The second-order valence-corrected chi connectivity index (χ2v) is 10.7. The summed E-state index contributed by atoms with van der Waals surface area (Å²) in [4.78, 5) is 42.6. The lowest BCUT2D eigenvalue weighted by atomic mass is 9.65. The lowest BCUT2D eigenvalue weighted by molar-refractivity contribution is -0.152. The molecule has 7 atom stereocenters. The molecular formula is C25H41N3O5. The Morgan fingerprint density at radius 3 is 2.45 bits per heavy atom. The summed E-state index contributed by atoms with van der Waals surface area (Å²) in [5.41, 5.74) is -1.75. The molecule has 2 unspecified atom stereocenters. The van der Waals surface area contributed by atoms with Gasteiger partial charge in [-0.2, -0.15) is 0 Å². The lowest BCUT2D eigenvalue weighted by Crippen LogP contribution is -2.60. The number of hydrogen-bond acceptors (Lipinski definition) is 5. The zero-order valence-corrected chi connectivity index (χ0v) is 20.6. The van der Waals surface area contributed by atoms with Crippen LogP contribution in [0.3, 0.4) is 0 Å². The Morgan fingerprint density at radius 1 is 1.18 bits per heavy atom. The van der Waals surface area contributed by atoms with E-state index in [0.29, 0.717) is 19.3 Å². The molecule has 3 heterocycles. The second-order valence-electron chi connectivity index (χ2n) is 10.7. The SMILES string of the molecule is CC[C@H](C)[C@H](CO)N1C(=O)[C@@H]2[C@@H](C(=O)NC)[C@@]3(CC)CCC2(O3)C1C(=O)NC1CCCCC1. The number of aliphatic hydroxyl groups is 1. The van der Waals surface area contributed by atoms with Crippen molar-refractivity contribution in [3.05, 3.63) is 0 Å². The van der Waals surface area contributed by atoms with Crippen LogP contribution < -0.4 is 10.6 Å². The molecule has 0 aromatic heterocycles. The Labute approximate surface area is 197 Å². The highest BCUT2D eigenvalue weighted by Crippen LogP contribution is 2.64. The van der Waals surface area contributed by atoms with Crippen molar-refractivity contribution >= 4 is 17.7 Å². The maximum absolute atomic E-state index is 14.1. The van der Waals surface area contributed by atoms with Gasteiger partial charge in [0.05, 0.1) is 30.1 Å². The molecule has 33 heavy (non-hydrogen) atoms. The molecule has 2 bridgehead atoms. The molecule has 0 aromatic carbocycles. The zero-order chi connectivity index (χ0) is 24.0. The van der Waals surface area contributed by atoms with Gasteiger partial charge >= 0.3 is 0 Å². The third-order valence-corrected chi connectivity index (χ3v) is 9.19. The van der Waals surface area contributed by atoms with E-state index >= 15 is 0 Å². The highest BCUT2D eigenvalue weighted by atomic mass is 16.5. The van der Waals surface area contributed by atoms with E-state index < -0.39 is 35.1 Å². The van der Waals surface area contributed by atoms with Crippen molar-refractivity contribution in [2.24, 2.45) is 17.8 Å². The number of nitrogens with zero attached hydrogens (tertiary/aromatic N) is 1. The van der Waals surface area contributed by atoms with Gasteiger partial charge in [-0.1, -0.05) is 46.5 Å². The number of nitrogens with one attached hydrogen (secondary N) is 2. The first-order chi connectivity index (χ1) is 15.8. The van der Waals surface area contributed by atoms with Gasteiger partial charge in [-0.05, 0) is 38.0 Å². The van der Waals surface area contributed by atoms with E-state index in [1.165, 1.54) is 6.42 Å². The van der Waals surface area contributed by atoms with Crippen molar-refractivity contribution in [1.29, 1.82) is 0 Å².